The van der Waals surface area contributed by atoms with Crippen LogP contribution in [-0.2, 0) is 9.59 Å². The number of hydrogen-bond acceptors (Lipinski definition) is 2. The molecule has 0 aliphatic heterocycles. The van der Waals surface area contributed by atoms with E-state index in [2.05, 4.69) is 0 Å². The molecular formula is C16H11F6NO2. The lowest BCUT2D eigenvalue weighted by Gasteiger charge is -2.37. The molecule has 9 heteroatoms. The summed E-state index contributed by atoms with van der Waals surface area (Å²) in [5.41, 5.74) is -4.92. The van der Waals surface area contributed by atoms with E-state index in [0.29, 0.717) is 11.0 Å². The lowest BCUT2D eigenvalue weighted by atomic mass is 9.76. The van der Waals surface area contributed by atoms with Gasteiger partial charge in [-0.2, -0.15) is 26.3 Å². The molecule has 0 saturated heterocycles. The van der Waals surface area contributed by atoms with E-state index >= 15 is 0 Å². The summed E-state index contributed by atoms with van der Waals surface area (Å²) in [6.45, 7) is 0. The molecule has 0 aromatic heterocycles. The Morgan fingerprint density at radius 3 is 2.08 bits per heavy atom. The Bertz CT molecular complexity index is 704. The number of para-hydroxylation sites is 1. The third-order valence-electron chi connectivity index (χ3n) is 3.79. The van der Waals surface area contributed by atoms with Crippen LogP contribution in [0.2, 0.25) is 0 Å². The first-order valence-electron chi connectivity index (χ1n) is 6.89. The van der Waals surface area contributed by atoms with Crippen molar-refractivity contribution in [2.75, 3.05) is 4.90 Å². The molecule has 0 radical (unpaired) electrons. The maximum absolute atomic E-state index is 13.1. The molecule has 1 aliphatic carbocycles. The zero-order valence-corrected chi connectivity index (χ0v) is 12.4. The zero-order valence-electron chi connectivity index (χ0n) is 12.4. The summed E-state index contributed by atoms with van der Waals surface area (Å²) in [7, 11) is 0. The molecule has 3 nitrogen and oxygen atoms in total. The number of carbonyl (C=O) groups excluding carboxylic acids is 2. The van der Waals surface area contributed by atoms with Gasteiger partial charge in [0.15, 0.2) is 5.41 Å². The molecular weight excluding hydrogens is 352 g/mol. The van der Waals surface area contributed by atoms with Crippen molar-refractivity contribution in [1.29, 1.82) is 0 Å². The lowest BCUT2D eigenvalue weighted by molar-refractivity contribution is -0.321. The summed E-state index contributed by atoms with van der Waals surface area (Å²) in [6, 6.07) is 7.14. The van der Waals surface area contributed by atoms with E-state index in [1.807, 2.05) is 0 Å². The predicted molar refractivity (Wildman–Crippen MR) is 76.4 cm³/mol. The van der Waals surface area contributed by atoms with E-state index in [1.54, 1.807) is 6.07 Å². The summed E-state index contributed by atoms with van der Waals surface area (Å²) in [5, 5.41) is 0. The fourth-order valence-corrected chi connectivity index (χ4v) is 2.41. The Kier molecular flexibility index (Phi) is 4.79. The van der Waals surface area contributed by atoms with Gasteiger partial charge in [0.2, 0.25) is 6.41 Å². The highest BCUT2D eigenvalue weighted by molar-refractivity contribution is 6.15. The van der Waals surface area contributed by atoms with Crippen molar-refractivity contribution >= 4 is 18.0 Å². The first-order valence-corrected chi connectivity index (χ1v) is 6.89. The van der Waals surface area contributed by atoms with Crippen LogP contribution in [-0.4, -0.2) is 24.7 Å². The molecule has 0 heterocycles. The van der Waals surface area contributed by atoms with Gasteiger partial charge < -0.3 is 0 Å². The fourth-order valence-electron chi connectivity index (χ4n) is 2.41. The Labute approximate surface area is 138 Å². The van der Waals surface area contributed by atoms with Crippen LogP contribution in [0.4, 0.5) is 32.0 Å². The quantitative estimate of drug-likeness (QED) is 0.597. The third kappa shape index (κ3) is 3.31. The van der Waals surface area contributed by atoms with E-state index in [0.717, 1.165) is 6.08 Å². The number of imide groups is 1. The predicted octanol–water partition coefficient (Wildman–Crippen LogP) is 4.17. The molecule has 0 unspecified atom stereocenters. The molecule has 0 saturated carbocycles. The van der Waals surface area contributed by atoms with Gasteiger partial charge in [0.25, 0.3) is 5.91 Å². The topological polar surface area (TPSA) is 37.4 Å². The van der Waals surface area contributed by atoms with Crippen LogP contribution in [0.3, 0.4) is 0 Å². The average Bonchev–Trinajstić information content (AvgIpc) is 2.54. The second-order valence-electron chi connectivity index (χ2n) is 5.31. The second-order valence-corrected chi connectivity index (χ2v) is 5.31. The van der Waals surface area contributed by atoms with Gasteiger partial charge in [-0.1, -0.05) is 36.4 Å². The highest BCUT2D eigenvalue weighted by Gasteiger charge is 2.69. The summed E-state index contributed by atoms with van der Waals surface area (Å²) in [4.78, 5) is 24.0. The molecule has 0 spiro atoms. The summed E-state index contributed by atoms with van der Waals surface area (Å²) < 4.78 is 78.9. The number of hydrogen-bond donors (Lipinski definition) is 0. The molecule has 1 aliphatic rings. The summed E-state index contributed by atoms with van der Waals surface area (Å²) in [6.07, 6.45) is -11.5. The van der Waals surface area contributed by atoms with Gasteiger partial charge in [0.05, 0.1) is 5.69 Å². The Morgan fingerprint density at radius 2 is 1.60 bits per heavy atom. The Balaban J connectivity index is 2.41. The van der Waals surface area contributed by atoms with Crippen molar-refractivity contribution < 1.29 is 35.9 Å². The molecule has 1 aromatic carbocycles. The molecule has 0 fully saturated rings. The van der Waals surface area contributed by atoms with Crippen LogP contribution in [0.5, 0.6) is 0 Å². The molecule has 25 heavy (non-hydrogen) atoms. The Morgan fingerprint density at radius 1 is 1.04 bits per heavy atom. The largest absolute Gasteiger partial charge is 0.406 e. The number of halogens is 6. The molecule has 0 N–H and O–H groups in total. The smallest absolute Gasteiger partial charge is 0.278 e. The van der Waals surface area contributed by atoms with Crippen LogP contribution < -0.4 is 4.90 Å². The van der Waals surface area contributed by atoms with Gasteiger partial charge in [-0.25, -0.2) is 4.90 Å². The number of benzene rings is 1. The molecule has 1 aromatic rings. The molecule has 2 amide bonds. The lowest BCUT2D eigenvalue weighted by Crippen LogP contribution is -2.50. The minimum absolute atomic E-state index is 0.0163. The first-order chi connectivity index (χ1) is 11.5. The van der Waals surface area contributed by atoms with E-state index < -0.39 is 35.7 Å². The van der Waals surface area contributed by atoms with Crippen LogP contribution in [0.15, 0.2) is 54.1 Å². The summed E-state index contributed by atoms with van der Waals surface area (Å²) >= 11 is 0. The molecule has 134 valence electrons. The number of rotatable bonds is 3. The van der Waals surface area contributed by atoms with Crippen LogP contribution >= 0.6 is 0 Å². The third-order valence-corrected chi connectivity index (χ3v) is 3.79. The van der Waals surface area contributed by atoms with Gasteiger partial charge in [-0.3, -0.25) is 9.59 Å². The van der Waals surface area contributed by atoms with Gasteiger partial charge in [-0.15, -0.1) is 0 Å². The molecule has 0 bridgehead atoms. The van der Waals surface area contributed by atoms with Crippen molar-refractivity contribution in [3.05, 3.63) is 54.1 Å². The molecule has 2 rings (SSSR count). The van der Waals surface area contributed by atoms with E-state index in [-0.39, 0.29) is 18.2 Å². The maximum Gasteiger partial charge on any atom is 0.406 e. The SMILES string of the molecule is O=CN(C(=O)C1=CC=CC(C(F)(F)F)(C(F)(F)F)C1)c1ccccc1. The van der Waals surface area contributed by atoms with Crippen molar-refractivity contribution in [2.24, 2.45) is 5.41 Å². The monoisotopic (exact) mass is 363 g/mol. The maximum atomic E-state index is 13.1. The van der Waals surface area contributed by atoms with Crippen molar-refractivity contribution in [2.45, 2.75) is 18.8 Å². The number of nitrogens with zero attached hydrogens (tertiary/aromatic N) is 1. The minimum Gasteiger partial charge on any atom is -0.278 e. The van der Waals surface area contributed by atoms with Gasteiger partial charge in [0, 0.05) is 12.0 Å². The molecule has 0 atom stereocenters. The van der Waals surface area contributed by atoms with Crippen LogP contribution in [0, 0.1) is 5.41 Å². The number of anilines is 1. The highest BCUT2D eigenvalue weighted by Crippen LogP contribution is 2.56. The van der Waals surface area contributed by atoms with E-state index in [4.69, 9.17) is 0 Å². The van der Waals surface area contributed by atoms with Crippen molar-refractivity contribution in [3.63, 3.8) is 0 Å². The second kappa shape index (κ2) is 6.38. The first kappa shape index (κ1) is 18.8. The fraction of sp³-hybridized carbons (Fsp3) is 0.250. The van der Waals surface area contributed by atoms with Crippen LogP contribution in [0.1, 0.15) is 6.42 Å². The van der Waals surface area contributed by atoms with Crippen molar-refractivity contribution in [3.8, 4) is 0 Å². The number of alkyl halides is 6. The Hall–Kier alpha value is -2.58. The van der Waals surface area contributed by atoms with Gasteiger partial charge in [-0.05, 0) is 12.1 Å². The van der Waals surface area contributed by atoms with E-state index in [1.165, 1.54) is 24.3 Å². The standard InChI is InChI=1S/C16H11F6NO2/c17-15(18,19)14(16(20,21)22)8-4-5-11(9-14)13(25)23(10-24)12-6-2-1-3-7-12/h1-8,10H,9H2. The number of allylic oxidation sites excluding steroid dienone is 3. The minimum atomic E-state index is -5.65. The number of carbonyl (C=O) groups is 2. The normalized spacial score (nSPS) is 17.0. The average molecular weight is 363 g/mol. The van der Waals surface area contributed by atoms with Crippen molar-refractivity contribution in [1.82, 2.24) is 0 Å². The van der Waals surface area contributed by atoms with Gasteiger partial charge >= 0.3 is 12.4 Å². The van der Waals surface area contributed by atoms with Gasteiger partial charge in [0.1, 0.15) is 0 Å². The van der Waals surface area contributed by atoms with Crippen LogP contribution in [0.25, 0.3) is 0 Å². The number of amides is 2. The van der Waals surface area contributed by atoms with E-state index in [9.17, 15) is 35.9 Å². The highest BCUT2D eigenvalue weighted by atomic mass is 19.4. The summed E-state index contributed by atoms with van der Waals surface area (Å²) in [5.74, 6) is -1.25. The zero-order chi connectivity index (χ0) is 18.9.